The first kappa shape index (κ1) is 26.8. The number of carbonyl (C=O) groups excluding carboxylic acids is 2. The van der Waals surface area contributed by atoms with Crippen LogP contribution in [0.5, 0.6) is 5.75 Å². The summed E-state index contributed by atoms with van der Waals surface area (Å²) < 4.78 is 78.5. The molecule has 0 saturated heterocycles. The Bertz CT molecular complexity index is 1040. The number of ether oxygens (including phenoxy) is 2. The minimum absolute atomic E-state index is 0.0598. The lowest BCUT2D eigenvalue weighted by molar-refractivity contribution is -0.221. The first-order valence-corrected chi connectivity index (χ1v) is 12.9. The molecule has 0 spiro atoms. The molecule has 35 heavy (non-hydrogen) atoms. The molecule has 0 aliphatic heterocycles. The molecule has 1 N–H and O–H groups in total. The second-order valence-electron chi connectivity index (χ2n) is 9.64. The number of carboxylic acid groups (broad SMARTS) is 1. The van der Waals surface area contributed by atoms with Gasteiger partial charge in [-0.2, -0.15) is 22.0 Å². The van der Waals surface area contributed by atoms with Gasteiger partial charge in [-0.15, -0.1) is 0 Å². The van der Waals surface area contributed by atoms with E-state index < -0.39 is 52.8 Å². The number of halogens is 7. The number of rotatable bonds is 6. The van der Waals surface area contributed by atoms with Crippen molar-refractivity contribution in [3.8, 4) is 5.75 Å². The molecule has 192 valence electrons. The molecular weight excluding hydrogens is 709 g/mol. The van der Waals surface area contributed by atoms with Gasteiger partial charge in [-0.25, -0.2) is 14.4 Å². The van der Waals surface area contributed by atoms with E-state index in [1.807, 2.05) is 0 Å². The summed E-state index contributed by atoms with van der Waals surface area (Å²) in [5.74, 6) is -11.4. The van der Waals surface area contributed by atoms with Crippen molar-refractivity contribution in [2.75, 3.05) is 0 Å². The molecule has 4 fully saturated rings. The summed E-state index contributed by atoms with van der Waals surface area (Å²) in [6, 6.07) is 2.36. The van der Waals surface area contributed by atoms with Gasteiger partial charge >= 0.3 is 30.0 Å². The summed E-state index contributed by atoms with van der Waals surface area (Å²) in [6.07, 6.45) is -4.30. The van der Waals surface area contributed by atoms with Crippen LogP contribution in [0.4, 0.5) is 22.0 Å². The number of esters is 2. The smallest absolute Gasteiger partial charge is 0.477 e. The van der Waals surface area contributed by atoms with Gasteiger partial charge in [0.2, 0.25) is 0 Å². The minimum Gasteiger partial charge on any atom is -0.477 e. The van der Waals surface area contributed by atoms with Gasteiger partial charge in [-0.1, -0.05) is 0 Å². The van der Waals surface area contributed by atoms with Crippen molar-refractivity contribution in [3.05, 3.63) is 24.8 Å². The van der Waals surface area contributed by atoms with E-state index >= 15 is 8.78 Å². The molecule has 0 heterocycles. The van der Waals surface area contributed by atoms with Crippen molar-refractivity contribution < 1.29 is 50.9 Å². The fourth-order valence-electron chi connectivity index (χ4n) is 6.33. The van der Waals surface area contributed by atoms with E-state index in [4.69, 9.17) is 4.74 Å². The molecule has 4 bridgehead atoms. The van der Waals surface area contributed by atoms with Crippen LogP contribution >= 0.6 is 45.2 Å². The standard InChI is InChI=1S/C22H19F5I2O6/c23-21(24,18(31)32)17(20-6-9-1-10(7-20)3-11(2-9)8-20)35-16(30)13-4-12(28)5-14(29)15(13)34-19(33)22(25,26)27/h4-5,9-11,17H,1-3,6-8H2,(H,31,32). The van der Waals surface area contributed by atoms with Crippen molar-refractivity contribution in [2.45, 2.75) is 56.7 Å². The third-order valence-electron chi connectivity index (χ3n) is 7.14. The number of aliphatic carboxylic acids is 1. The third-order valence-corrected chi connectivity index (χ3v) is 8.56. The van der Waals surface area contributed by atoms with Crippen molar-refractivity contribution >= 4 is 63.1 Å². The number of hydrogen-bond donors (Lipinski definition) is 1. The summed E-state index contributed by atoms with van der Waals surface area (Å²) in [5.41, 5.74) is -1.93. The van der Waals surface area contributed by atoms with Gasteiger partial charge in [0.05, 0.1) is 3.57 Å². The van der Waals surface area contributed by atoms with Crippen molar-refractivity contribution in [1.82, 2.24) is 0 Å². The monoisotopic (exact) mass is 728 g/mol. The Morgan fingerprint density at radius 3 is 1.94 bits per heavy atom. The second-order valence-corrected chi connectivity index (χ2v) is 12.1. The predicted molar refractivity (Wildman–Crippen MR) is 126 cm³/mol. The van der Waals surface area contributed by atoms with E-state index in [1.165, 1.54) is 6.07 Å². The van der Waals surface area contributed by atoms with Crippen LogP contribution in [0.3, 0.4) is 0 Å². The molecule has 1 unspecified atom stereocenters. The molecule has 0 aromatic heterocycles. The van der Waals surface area contributed by atoms with Crippen molar-refractivity contribution in [1.29, 1.82) is 0 Å². The molecule has 5 rings (SSSR count). The molecule has 1 aromatic carbocycles. The minimum atomic E-state index is -5.37. The zero-order chi connectivity index (χ0) is 25.9. The zero-order valence-corrected chi connectivity index (χ0v) is 22.2. The molecule has 0 radical (unpaired) electrons. The first-order valence-electron chi connectivity index (χ1n) is 10.7. The molecule has 13 heteroatoms. The molecule has 1 aromatic rings. The van der Waals surface area contributed by atoms with Crippen LogP contribution in [0.2, 0.25) is 0 Å². The molecule has 4 saturated carbocycles. The van der Waals surface area contributed by atoms with Crippen LogP contribution in [-0.2, 0) is 14.3 Å². The van der Waals surface area contributed by atoms with Crippen molar-refractivity contribution in [3.63, 3.8) is 0 Å². The van der Waals surface area contributed by atoms with Crippen LogP contribution in [0.25, 0.3) is 0 Å². The van der Waals surface area contributed by atoms with Crippen LogP contribution < -0.4 is 4.74 Å². The van der Waals surface area contributed by atoms with E-state index in [0.717, 1.165) is 25.3 Å². The number of alkyl halides is 5. The quantitative estimate of drug-likeness (QED) is 0.172. The maximum atomic E-state index is 15.1. The maximum absolute atomic E-state index is 15.1. The molecule has 4 aliphatic carbocycles. The summed E-state index contributed by atoms with van der Waals surface area (Å²) >= 11 is 3.29. The SMILES string of the molecule is O=C(OC(C12CC3CC(CC(C3)C1)C2)C(F)(F)C(=O)O)c1cc(I)cc(I)c1OC(=O)C(F)(F)F. The Labute approximate surface area is 223 Å². The number of benzene rings is 1. The molecule has 6 nitrogen and oxygen atoms in total. The summed E-state index contributed by atoms with van der Waals surface area (Å²) in [5, 5.41) is 9.31. The van der Waals surface area contributed by atoms with E-state index in [2.05, 4.69) is 4.74 Å². The molecule has 1 atom stereocenters. The van der Waals surface area contributed by atoms with Gasteiger partial charge in [0.1, 0.15) is 5.56 Å². The summed E-state index contributed by atoms with van der Waals surface area (Å²) in [7, 11) is 0. The number of carboxylic acids is 1. The molecule has 4 aliphatic rings. The van der Waals surface area contributed by atoms with Crippen LogP contribution in [-0.4, -0.2) is 41.2 Å². The Hall–Kier alpha value is -1.26. The van der Waals surface area contributed by atoms with Crippen LogP contribution in [0, 0.1) is 30.3 Å². The van der Waals surface area contributed by atoms with Crippen LogP contribution in [0.15, 0.2) is 12.1 Å². The van der Waals surface area contributed by atoms with E-state index in [9.17, 15) is 32.7 Å². The van der Waals surface area contributed by atoms with Gasteiger partial charge in [-0.3, -0.25) is 0 Å². The summed E-state index contributed by atoms with van der Waals surface area (Å²) in [6.45, 7) is 0. The average Bonchev–Trinajstić information content (AvgIpc) is 2.71. The van der Waals surface area contributed by atoms with E-state index in [1.54, 1.807) is 45.2 Å². The Kier molecular flexibility index (Phi) is 7.07. The highest BCUT2D eigenvalue weighted by atomic mass is 127. The van der Waals surface area contributed by atoms with E-state index in [-0.39, 0.29) is 40.6 Å². The molecular formula is C22H19F5I2O6. The Morgan fingerprint density at radius 2 is 1.49 bits per heavy atom. The number of hydrogen-bond acceptors (Lipinski definition) is 5. The fourth-order valence-corrected chi connectivity index (χ4v) is 8.29. The van der Waals surface area contributed by atoms with Gasteiger partial charge < -0.3 is 14.6 Å². The highest BCUT2D eigenvalue weighted by Crippen LogP contribution is 2.63. The topological polar surface area (TPSA) is 89.9 Å². The highest BCUT2D eigenvalue weighted by Gasteiger charge is 2.65. The zero-order valence-electron chi connectivity index (χ0n) is 17.8. The Balaban J connectivity index is 1.72. The first-order chi connectivity index (χ1) is 16.1. The third kappa shape index (κ3) is 5.12. The highest BCUT2D eigenvalue weighted by molar-refractivity contribution is 14.1. The average molecular weight is 728 g/mol. The number of carbonyl (C=O) groups is 3. The van der Waals surface area contributed by atoms with Crippen molar-refractivity contribution in [2.24, 2.45) is 23.2 Å². The van der Waals surface area contributed by atoms with Gasteiger partial charge in [0.15, 0.2) is 11.9 Å². The van der Waals surface area contributed by atoms with Gasteiger partial charge in [0, 0.05) is 8.99 Å². The lowest BCUT2D eigenvalue weighted by Gasteiger charge is -2.59. The lowest BCUT2D eigenvalue weighted by atomic mass is 9.47. The maximum Gasteiger partial charge on any atom is 0.491 e. The van der Waals surface area contributed by atoms with Gasteiger partial charge in [0.25, 0.3) is 0 Å². The molecule has 0 amide bonds. The lowest BCUT2D eigenvalue weighted by Crippen LogP contribution is -2.60. The Morgan fingerprint density at radius 1 is 0.971 bits per heavy atom. The summed E-state index contributed by atoms with van der Waals surface area (Å²) in [4.78, 5) is 36.2. The predicted octanol–water partition coefficient (Wildman–Crippen LogP) is 5.83. The fraction of sp³-hybridized carbons (Fsp3) is 0.591. The largest absolute Gasteiger partial charge is 0.491 e. The van der Waals surface area contributed by atoms with Gasteiger partial charge in [-0.05, 0) is 114 Å². The second kappa shape index (κ2) is 9.24. The van der Waals surface area contributed by atoms with E-state index in [0.29, 0.717) is 3.57 Å². The van der Waals surface area contributed by atoms with Crippen LogP contribution in [0.1, 0.15) is 48.9 Å². The normalized spacial score (nSPS) is 28.5.